The lowest BCUT2D eigenvalue weighted by Gasteiger charge is -2.14. The third-order valence-corrected chi connectivity index (χ3v) is 3.28. The molecule has 0 amide bonds. The summed E-state index contributed by atoms with van der Waals surface area (Å²) < 4.78 is 5.10. The highest BCUT2D eigenvalue weighted by Gasteiger charge is 2.18. The molecule has 0 radical (unpaired) electrons. The molecular formula is C16H18O2. The molecule has 0 aromatic heterocycles. The van der Waals surface area contributed by atoms with E-state index >= 15 is 0 Å². The molecule has 2 rings (SSSR count). The standard InChI is InChI=1S/C16H18O2/c1-4-18-16(17)12(3)14-10-9-11(2)13-7-5-6-8-15(13)14/h5-10,12H,4H2,1-3H3. The summed E-state index contributed by atoms with van der Waals surface area (Å²) in [6.45, 7) is 6.24. The monoisotopic (exact) mass is 242 g/mol. The molecule has 0 fully saturated rings. The van der Waals surface area contributed by atoms with Crippen molar-refractivity contribution in [2.45, 2.75) is 26.7 Å². The van der Waals surface area contributed by atoms with Gasteiger partial charge in [0.25, 0.3) is 0 Å². The first-order chi connectivity index (χ1) is 8.65. The fourth-order valence-corrected chi connectivity index (χ4v) is 2.24. The molecule has 0 aliphatic rings. The van der Waals surface area contributed by atoms with Crippen LogP contribution in [-0.4, -0.2) is 12.6 Å². The quantitative estimate of drug-likeness (QED) is 0.765. The first-order valence-corrected chi connectivity index (χ1v) is 6.30. The van der Waals surface area contributed by atoms with E-state index in [1.54, 1.807) is 0 Å². The largest absolute Gasteiger partial charge is 0.466 e. The molecule has 94 valence electrons. The van der Waals surface area contributed by atoms with Crippen molar-refractivity contribution in [1.82, 2.24) is 0 Å². The highest BCUT2D eigenvalue weighted by atomic mass is 16.5. The fourth-order valence-electron chi connectivity index (χ4n) is 2.24. The van der Waals surface area contributed by atoms with Crippen molar-refractivity contribution in [3.63, 3.8) is 0 Å². The number of rotatable bonds is 3. The third-order valence-electron chi connectivity index (χ3n) is 3.28. The number of benzene rings is 2. The summed E-state index contributed by atoms with van der Waals surface area (Å²) in [5, 5.41) is 2.34. The summed E-state index contributed by atoms with van der Waals surface area (Å²) in [6.07, 6.45) is 0. The second-order valence-corrected chi connectivity index (χ2v) is 4.49. The van der Waals surface area contributed by atoms with Crippen molar-refractivity contribution in [3.8, 4) is 0 Å². The van der Waals surface area contributed by atoms with E-state index in [1.165, 1.54) is 10.9 Å². The maximum Gasteiger partial charge on any atom is 0.313 e. The summed E-state index contributed by atoms with van der Waals surface area (Å²) in [7, 11) is 0. The van der Waals surface area contributed by atoms with Crippen LogP contribution in [-0.2, 0) is 9.53 Å². The topological polar surface area (TPSA) is 26.3 Å². The summed E-state index contributed by atoms with van der Waals surface area (Å²) in [4.78, 5) is 11.8. The first kappa shape index (κ1) is 12.6. The fraction of sp³-hybridized carbons (Fsp3) is 0.312. The van der Waals surface area contributed by atoms with Gasteiger partial charge in [-0.3, -0.25) is 4.79 Å². The molecule has 2 heteroatoms. The highest BCUT2D eigenvalue weighted by molar-refractivity contribution is 5.92. The van der Waals surface area contributed by atoms with Gasteiger partial charge in [-0.2, -0.15) is 0 Å². The Morgan fingerprint density at radius 2 is 1.83 bits per heavy atom. The van der Waals surface area contributed by atoms with Crippen LogP contribution in [0.15, 0.2) is 36.4 Å². The number of hydrogen-bond acceptors (Lipinski definition) is 2. The Morgan fingerprint density at radius 3 is 2.50 bits per heavy atom. The van der Waals surface area contributed by atoms with Crippen molar-refractivity contribution in [1.29, 1.82) is 0 Å². The predicted molar refractivity (Wildman–Crippen MR) is 73.7 cm³/mol. The summed E-state index contributed by atoms with van der Waals surface area (Å²) in [6, 6.07) is 12.3. The molecule has 0 N–H and O–H groups in total. The summed E-state index contributed by atoms with van der Waals surface area (Å²) in [5.41, 5.74) is 2.26. The Labute approximate surface area is 108 Å². The lowest BCUT2D eigenvalue weighted by atomic mass is 9.93. The van der Waals surface area contributed by atoms with Gasteiger partial charge in [0.05, 0.1) is 12.5 Å². The minimum atomic E-state index is -0.226. The van der Waals surface area contributed by atoms with Crippen molar-refractivity contribution >= 4 is 16.7 Å². The molecule has 0 saturated carbocycles. The van der Waals surface area contributed by atoms with Gasteiger partial charge in [-0.1, -0.05) is 36.4 Å². The van der Waals surface area contributed by atoms with E-state index in [0.717, 1.165) is 10.9 Å². The molecule has 2 aromatic rings. The molecule has 2 aromatic carbocycles. The van der Waals surface area contributed by atoms with E-state index in [9.17, 15) is 4.79 Å². The van der Waals surface area contributed by atoms with Gasteiger partial charge in [-0.25, -0.2) is 0 Å². The third kappa shape index (κ3) is 2.23. The van der Waals surface area contributed by atoms with E-state index in [0.29, 0.717) is 6.61 Å². The molecule has 0 spiro atoms. The molecular weight excluding hydrogens is 224 g/mol. The van der Waals surface area contributed by atoms with Gasteiger partial charge in [-0.05, 0) is 42.7 Å². The van der Waals surface area contributed by atoms with Crippen LogP contribution in [0.5, 0.6) is 0 Å². The number of hydrogen-bond donors (Lipinski definition) is 0. The Morgan fingerprint density at radius 1 is 1.17 bits per heavy atom. The summed E-state index contributed by atoms with van der Waals surface area (Å²) in [5.74, 6) is -0.387. The minimum Gasteiger partial charge on any atom is -0.466 e. The predicted octanol–water partition coefficient (Wildman–Crippen LogP) is 3.81. The molecule has 0 bridgehead atoms. The van der Waals surface area contributed by atoms with Crippen LogP contribution in [0.2, 0.25) is 0 Å². The van der Waals surface area contributed by atoms with E-state index in [4.69, 9.17) is 4.74 Å². The molecule has 0 aliphatic carbocycles. The van der Waals surface area contributed by atoms with E-state index in [-0.39, 0.29) is 11.9 Å². The van der Waals surface area contributed by atoms with Gasteiger partial charge in [0.1, 0.15) is 0 Å². The van der Waals surface area contributed by atoms with Gasteiger partial charge < -0.3 is 4.74 Å². The van der Waals surface area contributed by atoms with Gasteiger partial charge in [0.15, 0.2) is 0 Å². The van der Waals surface area contributed by atoms with E-state index in [2.05, 4.69) is 25.1 Å². The van der Waals surface area contributed by atoms with Crippen LogP contribution in [0, 0.1) is 6.92 Å². The van der Waals surface area contributed by atoms with Crippen LogP contribution in [0.1, 0.15) is 30.9 Å². The molecule has 18 heavy (non-hydrogen) atoms. The van der Waals surface area contributed by atoms with Gasteiger partial charge >= 0.3 is 5.97 Å². The zero-order valence-corrected chi connectivity index (χ0v) is 11.1. The van der Waals surface area contributed by atoms with Crippen LogP contribution in [0.4, 0.5) is 0 Å². The molecule has 0 heterocycles. The number of esters is 1. The maximum atomic E-state index is 11.8. The Kier molecular flexibility index (Phi) is 3.66. The van der Waals surface area contributed by atoms with Crippen molar-refractivity contribution in [2.75, 3.05) is 6.61 Å². The lowest BCUT2D eigenvalue weighted by Crippen LogP contribution is -2.13. The smallest absolute Gasteiger partial charge is 0.313 e. The maximum absolute atomic E-state index is 11.8. The van der Waals surface area contributed by atoms with Crippen molar-refractivity contribution < 1.29 is 9.53 Å². The Balaban J connectivity index is 2.51. The number of aryl methyl sites for hydroxylation is 1. The summed E-state index contributed by atoms with van der Waals surface area (Å²) >= 11 is 0. The average Bonchev–Trinajstić information content (AvgIpc) is 2.39. The SMILES string of the molecule is CCOC(=O)C(C)c1ccc(C)c2ccccc12. The van der Waals surface area contributed by atoms with Crippen LogP contribution >= 0.6 is 0 Å². The number of carbonyl (C=O) groups is 1. The zero-order chi connectivity index (χ0) is 13.1. The van der Waals surface area contributed by atoms with Crippen molar-refractivity contribution in [3.05, 3.63) is 47.5 Å². The normalized spacial score (nSPS) is 12.4. The van der Waals surface area contributed by atoms with Crippen molar-refractivity contribution in [2.24, 2.45) is 0 Å². The first-order valence-electron chi connectivity index (χ1n) is 6.30. The second kappa shape index (κ2) is 5.21. The Hall–Kier alpha value is -1.83. The van der Waals surface area contributed by atoms with Gasteiger partial charge in [-0.15, -0.1) is 0 Å². The highest BCUT2D eigenvalue weighted by Crippen LogP contribution is 2.28. The number of fused-ring (bicyclic) bond motifs is 1. The van der Waals surface area contributed by atoms with Gasteiger partial charge in [0, 0.05) is 0 Å². The average molecular weight is 242 g/mol. The van der Waals surface area contributed by atoms with E-state index < -0.39 is 0 Å². The minimum absolute atomic E-state index is 0.161. The molecule has 1 atom stereocenters. The van der Waals surface area contributed by atoms with Gasteiger partial charge in [0.2, 0.25) is 0 Å². The van der Waals surface area contributed by atoms with E-state index in [1.807, 2.05) is 32.0 Å². The molecule has 0 saturated heterocycles. The molecule has 2 nitrogen and oxygen atoms in total. The second-order valence-electron chi connectivity index (χ2n) is 4.49. The number of ether oxygens (including phenoxy) is 1. The molecule has 0 aliphatic heterocycles. The molecule has 1 unspecified atom stereocenters. The van der Waals surface area contributed by atoms with Crippen LogP contribution < -0.4 is 0 Å². The van der Waals surface area contributed by atoms with Crippen LogP contribution in [0.25, 0.3) is 10.8 Å². The number of carbonyl (C=O) groups excluding carboxylic acids is 1. The van der Waals surface area contributed by atoms with Crippen LogP contribution in [0.3, 0.4) is 0 Å². The Bertz CT molecular complexity index is 572. The lowest BCUT2D eigenvalue weighted by molar-refractivity contribution is -0.144. The zero-order valence-electron chi connectivity index (χ0n) is 11.1.